The van der Waals surface area contributed by atoms with Gasteiger partial charge in [0.1, 0.15) is 4.90 Å². The standard InChI is InChI=1S/C12H18BrN3O5S/c1-4-14-5-6-15-22(19,20)10-7-9(13)8(2)11(16(17)18)12(10)21-3/h7,14-15H,4-6H2,1-3H3. The fourth-order valence-electron chi connectivity index (χ4n) is 1.83. The number of rotatable bonds is 8. The Balaban J connectivity index is 3.32. The van der Waals surface area contributed by atoms with E-state index < -0.39 is 14.9 Å². The van der Waals surface area contributed by atoms with Gasteiger partial charge in [0.15, 0.2) is 0 Å². The van der Waals surface area contributed by atoms with Crippen LogP contribution in [0.3, 0.4) is 0 Å². The van der Waals surface area contributed by atoms with Gasteiger partial charge in [0.25, 0.3) is 0 Å². The van der Waals surface area contributed by atoms with Gasteiger partial charge >= 0.3 is 5.69 Å². The van der Waals surface area contributed by atoms with Crippen molar-refractivity contribution in [2.24, 2.45) is 0 Å². The van der Waals surface area contributed by atoms with E-state index >= 15 is 0 Å². The lowest BCUT2D eigenvalue weighted by Crippen LogP contribution is -2.32. The van der Waals surface area contributed by atoms with Gasteiger partial charge in [0.05, 0.1) is 12.0 Å². The highest BCUT2D eigenvalue weighted by molar-refractivity contribution is 9.10. The van der Waals surface area contributed by atoms with E-state index in [1.54, 1.807) is 0 Å². The highest BCUT2D eigenvalue weighted by Gasteiger charge is 2.30. The van der Waals surface area contributed by atoms with E-state index in [0.717, 1.165) is 0 Å². The van der Waals surface area contributed by atoms with Crippen molar-refractivity contribution in [3.63, 3.8) is 0 Å². The summed E-state index contributed by atoms with van der Waals surface area (Å²) in [7, 11) is -2.73. The minimum Gasteiger partial charge on any atom is -0.489 e. The molecule has 8 nitrogen and oxygen atoms in total. The maximum Gasteiger partial charge on any atom is 0.316 e. The minimum atomic E-state index is -3.93. The highest BCUT2D eigenvalue weighted by Crippen LogP contribution is 2.40. The summed E-state index contributed by atoms with van der Waals surface area (Å²) in [4.78, 5) is 10.3. The Kier molecular flexibility index (Phi) is 6.72. The Morgan fingerprint density at radius 2 is 2.05 bits per heavy atom. The van der Waals surface area contributed by atoms with E-state index in [4.69, 9.17) is 4.74 Å². The third kappa shape index (κ3) is 4.15. The molecule has 124 valence electrons. The number of sulfonamides is 1. The number of hydrogen-bond donors (Lipinski definition) is 2. The van der Waals surface area contributed by atoms with Gasteiger partial charge in [-0.15, -0.1) is 0 Å². The summed E-state index contributed by atoms with van der Waals surface area (Å²) in [6.07, 6.45) is 0. The lowest BCUT2D eigenvalue weighted by atomic mass is 10.2. The molecule has 0 unspecified atom stereocenters. The summed E-state index contributed by atoms with van der Waals surface area (Å²) in [5.41, 5.74) is -0.0719. The van der Waals surface area contributed by atoms with E-state index in [0.29, 0.717) is 23.1 Å². The molecule has 0 fully saturated rings. The lowest BCUT2D eigenvalue weighted by Gasteiger charge is -2.13. The first-order valence-corrected chi connectivity index (χ1v) is 8.75. The predicted octanol–water partition coefficient (Wildman–Crippen LogP) is 1.56. The fraction of sp³-hybridized carbons (Fsp3) is 0.500. The van der Waals surface area contributed by atoms with E-state index in [9.17, 15) is 18.5 Å². The topological polar surface area (TPSA) is 111 Å². The summed E-state index contributed by atoms with van der Waals surface area (Å²) in [5, 5.41) is 14.2. The molecular weight excluding hydrogens is 378 g/mol. The molecule has 0 spiro atoms. The molecular formula is C12H18BrN3O5S. The number of nitrogens with zero attached hydrogens (tertiary/aromatic N) is 1. The SMILES string of the molecule is CCNCCNS(=O)(=O)c1cc(Br)c(C)c([N+](=O)[O-])c1OC. The van der Waals surface area contributed by atoms with E-state index in [1.165, 1.54) is 20.1 Å². The molecule has 0 saturated heterocycles. The molecule has 0 aliphatic heterocycles. The van der Waals surface area contributed by atoms with Crippen molar-refractivity contribution in [1.82, 2.24) is 10.0 Å². The van der Waals surface area contributed by atoms with Crippen molar-refractivity contribution in [3.8, 4) is 5.75 Å². The predicted molar refractivity (Wildman–Crippen MR) is 85.8 cm³/mol. The van der Waals surface area contributed by atoms with Crippen LogP contribution in [0.5, 0.6) is 5.75 Å². The van der Waals surface area contributed by atoms with Gasteiger partial charge in [-0.2, -0.15) is 0 Å². The molecule has 22 heavy (non-hydrogen) atoms. The van der Waals surface area contributed by atoms with Gasteiger partial charge in [0.2, 0.25) is 15.8 Å². The summed E-state index contributed by atoms with van der Waals surface area (Å²) in [6.45, 7) is 4.75. The molecule has 1 aromatic carbocycles. The first-order chi connectivity index (χ1) is 10.3. The molecule has 2 N–H and O–H groups in total. The first-order valence-electron chi connectivity index (χ1n) is 6.48. The van der Waals surface area contributed by atoms with Crippen molar-refractivity contribution in [3.05, 3.63) is 26.2 Å². The number of halogens is 1. The molecule has 1 rings (SSSR count). The normalized spacial score (nSPS) is 11.5. The number of benzene rings is 1. The number of nitro benzene ring substituents is 1. The van der Waals surface area contributed by atoms with Crippen LogP contribution in [0.25, 0.3) is 0 Å². The van der Waals surface area contributed by atoms with Crippen molar-refractivity contribution >= 4 is 31.6 Å². The van der Waals surface area contributed by atoms with Crippen molar-refractivity contribution in [2.75, 3.05) is 26.7 Å². The zero-order chi connectivity index (χ0) is 16.9. The van der Waals surface area contributed by atoms with Crippen LogP contribution < -0.4 is 14.8 Å². The van der Waals surface area contributed by atoms with Gasteiger partial charge in [-0.3, -0.25) is 10.1 Å². The Morgan fingerprint density at radius 3 is 2.55 bits per heavy atom. The van der Waals surface area contributed by atoms with Crippen LogP contribution in [0.2, 0.25) is 0 Å². The number of ether oxygens (including phenoxy) is 1. The molecule has 0 aliphatic carbocycles. The lowest BCUT2D eigenvalue weighted by molar-refractivity contribution is -0.386. The smallest absolute Gasteiger partial charge is 0.316 e. The van der Waals surface area contributed by atoms with Crippen LogP contribution in [0.15, 0.2) is 15.4 Å². The van der Waals surface area contributed by atoms with Crippen LogP contribution >= 0.6 is 15.9 Å². The van der Waals surface area contributed by atoms with Gasteiger partial charge < -0.3 is 10.1 Å². The van der Waals surface area contributed by atoms with E-state index in [2.05, 4.69) is 26.0 Å². The molecule has 1 aromatic rings. The maximum absolute atomic E-state index is 12.4. The van der Waals surface area contributed by atoms with Crippen molar-refractivity contribution in [2.45, 2.75) is 18.7 Å². The highest BCUT2D eigenvalue weighted by atomic mass is 79.9. The van der Waals surface area contributed by atoms with Gasteiger partial charge in [-0.05, 0) is 19.5 Å². The quantitative estimate of drug-likeness (QED) is 0.392. The molecule has 0 aromatic heterocycles. The third-order valence-corrected chi connectivity index (χ3v) is 5.22. The molecule has 0 saturated carbocycles. The number of likely N-dealkylation sites (N-methyl/N-ethyl adjacent to an activating group) is 1. The fourth-order valence-corrected chi connectivity index (χ4v) is 3.63. The average molecular weight is 396 g/mol. The number of nitro groups is 1. The largest absolute Gasteiger partial charge is 0.489 e. The van der Waals surface area contributed by atoms with Crippen LogP contribution in [0, 0.1) is 17.0 Å². The van der Waals surface area contributed by atoms with Crippen LogP contribution in [-0.4, -0.2) is 40.1 Å². The summed E-state index contributed by atoms with van der Waals surface area (Å²) < 4.78 is 32.4. The number of hydrogen-bond acceptors (Lipinski definition) is 6. The van der Waals surface area contributed by atoms with Gasteiger partial charge in [-0.25, -0.2) is 13.1 Å². The Morgan fingerprint density at radius 1 is 1.41 bits per heavy atom. The summed E-state index contributed by atoms with van der Waals surface area (Å²) >= 11 is 3.15. The zero-order valence-electron chi connectivity index (χ0n) is 12.5. The van der Waals surface area contributed by atoms with Crippen molar-refractivity contribution < 1.29 is 18.1 Å². The second-order valence-electron chi connectivity index (χ2n) is 4.37. The molecule has 10 heteroatoms. The van der Waals surface area contributed by atoms with Gasteiger partial charge in [-0.1, -0.05) is 22.9 Å². The summed E-state index contributed by atoms with van der Waals surface area (Å²) in [6, 6.07) is 1.30. The number of nitrogens with one attached hydrogen (secondary N) is 2. The van der Waals surface area contributed by atoms with Crippen molar-refractivity contribution in [1.29, 1.82) is 0 Å². The summed E-state index contributed by atoms with van der Waals surface area (Å²) in [5.74, 6) is -0.276. The molecule has 0 atom stereocenters. The van der Waals surface area contributed by atoms with E-state index in [-0.39, 0.29) is 22.9 Å². The maximum atomic E-state index is 12.4. The zero-order valence-corrected chi connectivity index (χ0v) is 14.9. The Labute approximate surface area is 137 Å². The van der Waals surface area contributed by atoms with Crippen LogP contribution in [0.4, 0.5) is 5.69 Å². The van der Waals surface area contributed by atoms with Crippen LogP contribution in [0.1, 0.15) is 12.5 Å². The Hall–Kier alpha value is -1.23. The van der Waals surface area contributed by atoms with Gasteiger partial charge in [0, 0.05) is 23.1 Å². The third-order valence-electron chi connectivity index (χ3n) is 2.93. The van der Waals surface area contributed by atoms with Crippen LogP contribution in [-0.2, 0) is 10.0 Å². The molecule has 0 bridgehead atoms. The number of methoxy groups -OCH3 is 1. The molecule has 0 aliphatic rings. The monoisotopic (exact) mass is 395 g/mol. The molecule has 0 radical (unpaired) electrons. The molecule has 0 amide bonds. The van der Waals surface area contributed by atoms with E-state index in [1.807, 2.05) is 6.92 Å². The second kappa shape index (κ2) is 7.86. The first kappa shape index (κ1) is 18.8. The average Bonchev–Trinajstić information content (AvgIpc) is 2.45. The Bertz CT molecular complexity index is 663. The molecule has 0 heterocycles. The minimum absolute atomic E-state index is 0.165. The second-order valence-corrected chi connectivity index (χ2v) is 6.96.